The molecule has 114 valence electrons. The van der Waals surface area contributed by atoms with Crippen LogP contribution in [-0.4, -0.2) is 42.4 Å². The van der Waals surface area contributed by atoms with Crippen LogP contribution in [0.25, 0.3) is 0 Å². The van der Waals surface area contributed by atoms with Crippen LogP contribution in [-0.2, 0) is 0 Å². The van der Waals surface area contributed by atoms with E-state index in [1.807, 2.05) is 0 Å². The van der Waals surface area contributed by atoms with E-state index >= 15 is 0 Å². The number of anilines is 1. The standard InChI is InChI=1S/C16H23N3O2/c1-3-19-10-4-5-15(19)11-17-16(21)18-14-8-6-13(7-9-14)12(2)20/h6-9,15H,3-5,10-11H2,1-2H3,(H2,17,18,21). The number of nitrogens with zero attached hydrogens (tertiary/aromatic N) is 1. The number of rotatable bonds is 5. The van der Waals surface area contributed by atoms with Crippen LogP contribution in [0, 0.1) is 0 Å². The van der Waals surface area contributed by atoms with Crippen LogP contribution in [0.4, 0.5) is 10.5 Å². The smallest absolute Gasteiger partial charge is 0.319 e. The highest BCUT2D eigenvalue weighted by Gasteiger charge is 2.22. The van der Waals surface area contributed by atoms with Crippen LogP contribution >= 0.6 is 0 Å². The molecule has 2 N–H and O–H groups in total. The molecule has 21 heavy (non-hydrogen) atoms. The van der Waals surface area contributed by atoms with E-state index in [4.69, 9.17) is 0 Å². The molecule has 0 radical (unpaired) electrons. The highest BCUT2D eigenvalue weighted by atomic mass is 16.2. The van der Waals surface area contributed by atoms with E-state index in [1.54, 1.807) is 24.3 Å². The monoisotopic (exact) mass is 289 g/mol. The first-order chi connectivity index (χ1) is 10.1. The zero-order valence-electron chi connectivity index (χ0n) is 12.7. The second kappa shape index (κ2) is 7.22. The second-order valence-corrected chi connectivity index (χ2v) is 5.39. The van der Waals surface area contributed by atoms with E-state index in [9.17, 15) is 9.59 Å². The number of likely N-dealkylation sites (N-methyl/N-ethyl adjacent to an activating group) is 1. The van der Waals surface area contributed by atoms with E-state index in [0.29, 0.717) is 23.8 Å². The minimum Gasteiger partial charge on any atom is -0.336 e. The fourth-order valence-corrected chi connectivity index (χ4v) is 2.72. The van der Waals surface area contributed by atoms with Crippen molar-refractivity contribution in [3.05, 3.63) is 29.8 Å². The first kappa shape index (κ1) is 15.5. The molecule has 1 aromatic carbocycles. The van der Waals surface area contributed by atoms with Crippen molar-refractivity contribution in [2.45, 2.75) is 32.7 Å². The Morgan fingerprint density at radius 3 is 2.62 bits per heavy atom. The van der Waals surface area contributed by atoms with Gasteiger partial charge in [0, 0.05) is 23.8 Å². The average molecular weight is 289 g/mol. The number of carbonyl (C=O) groups excluding carboxylic acids is 2. The number of nitrogens with one attached hydrogen (secondary N) is 2. The Morgan fingerprint density at radius 1 is 1.29 bits per heavy atom. The Bertz CT molecular complexity index is 499. The van der Waals surface area contributed by atoms with Gasteiger partial charge in [-0.25, -0.2) is 4.79 Å². The molecule has 0 aromatic heterocycles. The maximum atomic E-state index is 11.9. The number of amides is 2. The molecule has 1 atom stereocenters. The highest BCUT2D eigenvalue weighted by Crippen LogP contribution is 2.15. The summed E-state index contributed by atoms with van der Waals surface area (Å²) in [4.78, 5) is 25.4. The van der Waals surface area contributed by atoms with Gasteiger partial charge in [0.25, 0.3) is 0 Å². The van der Waals surface area contributed by atoms with Gasteiger partial charge in [-0.2, -0.15) is 0 Å². The number of likely N-dealkylation sites (tertiary alicyclic amines) is 1. The van der Waals surface area contributed by atoms with Crippen LogP contribution in [0.15, 0.2) is 24.3 Å². The van der Waals surface area contributed by atoms with Crippen molar-refractivity contribution in [2.24, 2.45) is 0 Å². The Morgan fingerprint density at radius 2 is 2.00 bits per heavy atom. The summed E-state index contributed by atoms with van der Waals surface area (Å²) >= 11 is 0. The van der Waals surface area contributed by atoms with Gasteiger partial charge in [-0.15, -0.1) is 0 Å². The van der Waals surface area contributed by atoms with E-state index in [1.165, 1.54) is 13.3 Å². The summed E-state index contributed by atoms with van der Waals surface area (Å²) in [7, 11) is 0. The molecule has 1 aliphatic heterocycles. The summed E-state index contributed by atoms with van der Waals surface area (Å²) < 4.78 is 0. The largest absolute Gasteiger partial charge is 0.336 e. The Balaban J connectivity index is 1.80. The summed E-state index contributed by atoms with van der Waals surface area (Å²) in [6, 6.07) is 7.16. The van der Waals surface area contributed by atoms with Gasteiger partial charge in [0.1, 0.15) is 0 Å². The molecule has 1 unspecified atom stereocenters. The number of hydrogen-bond acceptors (Lipinski definition) is 3. The van der Waals surface area contributed by atoms with E-state index in [0.717, 1.165) is 19.5 Å². The van der Waals surface area contributed by atoms with Gasteiger partial charge in [0.05, 0.1) is 0 Å². The fraction of sp³-hybridized carbons (Fsp3) is 0.500. The lowest BCUT2D eigenvalue weighted by Gasteiger charge is -2.22. The van der Waals surface area contributed by atoms with Crippen LogP contribution in [0.5, 0.6) is 0 Å². The summed E-state index contributed by atoms with van der Waals surface area (Å²) in [5.41, 5.74) is 1.33. The van der Waals surface area contributed by atoms with Crippen molar-refractivity contribution in [1.29, 1.82) is 0 Å². The van der Waals surface area contributed by atoms with Gasteiger partial charge in [0.2, 0.25) is 0 Å². The molecule has 1 aromatic rings. The van der Waals surface area contributed by atoms with Gasteiger partial charge in [0.15, 0.2) is 5.78 Å². The second-order valence-electron chi connectivity index (χ2n) is 5.39. The molecule has 2 amide bonds. The minimum atomic E-state index is -0.200. The summed E-state index contributed by atoms with van der Waals surface area (Å²) in [5, 5.41) is 5.70. The van der Waals surface area contributed by atoms with Gasteiger partial charge >= 0.3 is 6.03 Å². The fourth-order valence-electron chi connectivity index (χ4n) is 2.72. The third kappa shape index (κ3) is 4.29. The molecule has 0 aliphatic carbocycles. The van der Waals surface area contributed by atoms with Gasteiger partial charge < -0.3 is 10.6 Å². The number of urea groups is 1. The maximum Gasteiger partial charge on any atom is 0.319 e. The zero-order valence-corrected chi connectivity index (χ0v) is 12.7. The molecule has 0 spiro atoms. The normalized spacial score (nSPS) is 18.5. The maximum absolute atomic E-state index is 11.9. The third-order valence-corrected chi connectivity index (χ3v) is 3.95. The molecule has 5 heteroatoms. The molecule has 2 rings (SSSR count). The number of hydrogen-bond donors (Lipinski definition) is 2. The molecule has 1 saturated heterocycles. The zero-order chi connectivity index (χ0) is 15.2. The van der Waals surface area contributed by atoms with Crippen molar-refractivity contribution >= 4 is 17.5 Å². The molecule has 0 bridgehead atoms. The lowest BCUT2D eigenvalue weighted by Crippen LogP contribution is -2.41. The predicted octanol–water partition coefficient (Wildman–Crippen LogP) is 2.50. The van der Waals surface area contributed by atoms with Gasteiger partial charge in [-0.1, -0.05) is 6.92 Å². The van der Waals surface area contributed by atoms with Crippen LogP contribution in [0.3, 0.4) is 0 Å². The lowest BCUT2D eigenvalue weighted by atomic mass is 10.1. The first-order valence-corrected chi connectivity index (χ1v) is 7.50. The van der Waals surface area contributed by atoms with Crippen molar-refractivity contribution < 1.29 is 9.59 Å². The topological polar surface area (TPSA) is 61.4 Å². The molecular weight excluding hydrogens is 266 g/mol. The van der Waals surface area contributed by atoms with Crippen LogP contribution < -0.4 is 10.6 Å². The van der Waals surface area contributed by atoms with Crippen LogP contribution in [0.2, 0.25) is 0 Å². The Labute approximate surface area is 125 Å². The van der Waals surface area contributed by atoms with Crippen molar-refractivity contribution in [3.8, 4) is 0 Å². The Hall–Kier alpha value is -1.88. The SMILES string of the molecule is CCN1CCCC1CNC(=O)Nc1ccc(C(C)=O)cc1. The number of ketones is 1. The van der Waals surface area contributed by atoms with Gasteiger partial charge in [-0.05, 0) is 57.1 Å². The van der Waals surface area contributed by atoms with Crippen molar-refractivity contribution in [1.82, 2.24) is 10.2 Å². The predicted molar refractivity (Wildman–Crippen MR) is 83.7 cm³/mol. The van der Waals surface area contributed by atoms with Crippen molar-refractivity contribution in [3.63, 3.8) is 0 Å². The molecule has 1 heterocycles. The third-order valence-electron chi connectivity index (χ3n) is 3.95. The molecular formula is C16H23N3O2. The first-order valence-electron chi connectivity index (χ1n) is 7.50. The van der Waals surface area contributed by atoms with E-state index in [2.05, 4.69) is 22.5 Å². The summed E-state index contributed by atoms with van der Waals surface area (Å²) in [6.07, 6.45) is 2.34. The number of benzene rings is 1. The number of carbonyl (C=O) groups is 2. The quantitative estimate of drug-likeness (QED) is 0.819. The molecule has 1 aliphatic rings. The molecule has 0 saturated carbocycles. The average Bonchev–Trinajstić information content (AvgIpc) is 2.93. The molecule has 1 fully saturated rings. The number of Topliss-reactive ketones (excluding diaryl/α,β-unsaturated/α-hetero) is 1. The van der Waals surface area contributed by atoms with E-state index in [-0.39, 0.29) is 11.8 Å². The summed E-state index contributed by atoms with van der Waals surface area (Å²) in [6.45, 7) is 6.49. The Kier molecular flexibility index (Phi) is 5.33. The highest BCUT2D eigenvalue weighted by molar-refractivity contribution is 5.95. The van der Waals surface area contributed by atoms with Crippen LogP contribution in [0.1, 0.15) is 37.0 Å². The summed E-state index contributed by atoms with van der Waals surface area (Å²) in [5.74, 6) is 0.0203. The van der Waals surface area contributed by atoms with Crippen molar-refractivity contribution in [2.75, 3.05) is 25.0 Å². The lowest BCUT2D eigenvalue weighted by molar-refractivity contribution is 0.101. The van der Waals surface area contributed by atoms with Gasteiger partial charge in [-0.3, -0.25) is 9.69 Å². The molecule has 5 nitrogen and oxygen atoms in total. The van der Waals surface area contributed by atoms with E-state index < -0.39 is 0 Å². The minimum absolute atomic E-state index is 0.0203.